The van der Waals surface area contributed by atoms with Gasteiger partial charge in [0.25, 0.3) is 0 Å². The van der Waals surface area contributed by atoms with Gasteiger partial charge in [0.05, 0.1) is 0 Å². The van der Waals surface area contributed by atoms with Crippen LogP contribution >= 0.6 is 0 Å². The summed E-state index contributed by atoms with van der Waals surface area (Å²) in [7, 11) is 0. The Labute approximate surface area is 103 Å². The molecule has 98 valence electrons. The lowest BCUT2D eigenvalue weighted by atomic mass is 10.2. The summed E-state index contributed by atoms with van der Waals surface area (Å²) in [5.41, 5.74) is 6.52. The number of hydrogen-bond donors (Lipinski definition) is 1. The van der Waals surface area contributed by atoms with E-state index in [2.05, 4.69) is 0 Å². The highest BCUT2D eigenvalue weighted by Gasteiger charge is 2.41. The fourth-order valence-corrected chi connectivity index (χ4v) is 2.32. The van der Waals surface area contributed by atoms with Crippen LogP contribution < -0.4 is 5.73 Å². The number of fused-ring (bicyclic) bond motifs is 1. The average Bonchev–Trinajstić information content (AvgIpc) is 2.60. The van der Waals surface area contributed by atoms with Gasteiger partial charge in [0.1, 0.15) is 6.04 Å². The zero-order valence-electron chi connectivity index (χ0n) is 10.0. The number of nitrogens with two attached hydrogens (primary N) is 1. The molecule has 0 aliphatic carbocycles. The quantitative estimate of drug-likeness (QED) is 0.896. The molecule has 5 heteroatoms. The Balaban J connectivity index is 2.60. The fraction of sp³-hybridized carbons (Fsp3) is 0.385. The second-order valence-electron chi connectivity index (χ2n) is 4.35. The van der Waals surface area contributed by atoms with Gasteiger partial charge in [-0.2, -0.15) is 13.2 Å². The van der Waals surface area contributed by atoms with Crippen molar-refractivity contribution in [1.29, 1.82) is 0 Å². The van der Waals surface area contributed by atoms with Crippen LogP contribution in [0, 0.1) is 6.92 Å². The first-order valence-electron chi connectivity index (χ1n) is 5.78. The average molecular weight is 256 g/mol. The van der Waals surface area contributed by atoms with Crippen LogP contribution in [0.2, 0.25) is 0 Å². The summed E-state index contributed by atoms with van der Waals surface area (Å²) < 4.78 is 40.6. The van der Waals surface area contributed by atoms with E-state index in [-0.39, 0.29) is 13.0 Å². The highest BCUT2D eigenvalue weighted by molar-refractivity contribution is 5.81. The molecule has 0 bridgehead atoms. The Morgan fingerprint density at radius 2 is 1.94 bits per heavy atom. The van der Waals surface area contributed by atoms with Crippen LogP contribution in [0.4, 0.5) is 13.2 Å². The van der Waals surface area contributed by atoms with Crippen LogP contribution in [-0.4, -0.2) is 17.3 Å². The monoisotopic (exact) mass is 256 g/mol. The Kier molecular flexibility index (Phi) is 3.34. The molecule has 0 radical (unpaired) electrons. The molecule has 0 fully saturated rings. The number of hydrogen-bond acceptors (Lipinski definition) is 1. The minimum Gasteiger partial charge on any atom is -0.333 e. The van der Waals surface area contributed by atoms with Crippen molar-refractivity contribution in [3.8, 4) is 0 Å². The molecule has 1 aromatic heterocycles. The van der Waals surface area contributed by atoms with Crippen molar-refractivity contribution in [1.82, 2.24) is 4.57 Å². The van der Waals surface area contributed by atoms with E-state index in [9.17, 15) is 13.2 Å². The zero-order chi connectivity index (χ0) is 13.3. The Morgan fingerprint density at radius 3 is 2.56 bits per heavy atom. The fourth-order valence-electron chi connectivity index (χ4n) is 2.32. The van der Waals surface area contributed by atoms with Crippen LogP contribution in [0.3, 0.4) is 0 Å². The molecule has 0 saturated carbocycles. The van der Waals surface area contributed by atoms with Gasteiger partial charge in [-0.15, -0.1) is 0 Å². The number of aromatic nitrogens is 1. The number of aryl methyl sites for hydroxylation is 1. The molecule has 2 aromatic rings. The molecule has 2 N–H and O–H groups in total. The van der Waals surface area contributed by atoms with E-state index in [0.29, 0.717) is 11.2 Å². The largest absolute Gasteiger partial charge is 0.409 e. The van der Waals surface area contributed by atoms with Crippen LogP contribution in [-0.2, 0) is 0 Å². The summed E-state index contributed by atoms with van der Waals surface area (Å²) in [6.45, 7) is 1.70. The highest BCUT2D eigenvalue weighted by Crippen LogP contribution is 2.36. The predicted molar refractivity (Wildman–Crippen MR) is 65.4 cm³/mol. The lowest BCUT2D eigenvalue weighted by Crippen LogP contribution is -2.29. The van der Waals surface area contributed by atoms with Gasteiger partial charge < -0.3 is 10.3 Å². The molecule has 0 amide bonds. The highest BCUT2D eigenvalue weighted by atomic mass is 19.4. The molecule has 0 spiro atoms. The van der Waals surface area contributed by atoms with Crippen molar-refractivity contribution in [2.24, 2.45) is 5.73 Å². The van der Waals surface area contributed by atoms with Crippen molar-refractivity contribution in [3.05, 3.63) is 36.0 Å². The summed E-state index contributed by atoms with van der Waals surface area (Å²) in [6, 6.07) is 7.30. The summed E-state index contributed by atoms with van der Waals surface area (Å²) >= 11 is 0. The van der Waals surface area contributed by atoms with E-state index < -0.39 is 12.2 Å². The van der Waals surface area contributed by atoms with Crippen LogP contribution in [0.25, 0.3) is 10.9 Å². The third-order valence-electron chi connectivity index (χ3n) is 3.07. The number of para-hydroxylation sites is 1. The number of alkyl halides is 3. The van der Waals surface area contributed by atoms with Gasteiger partial charge in [0.2, 0.25) is 0 Å². The third-order valence-corrected chi connectivity index (χ3v) is 3.07. The first-order chi connectivity index (χ1) is 8.45. The van der Waals surface area contributed by atoms with E-state index in [1.807, 2.05) is 12.1 Å². The van der Waals surface area contributed by atoms with E-state index in [1.165, 1.54) is 4.57 Å². The molecule has 1 atom stereocenters. The van der Waals surface area contributed by atoms with Crippen molar-refractivity contribution >= 4 is 10.9 Å². The first-order valence-corrected chi connectivity index (χ1v) is 5.78. The molecular formula is C13H15F3N2. The normalized spacial score (nSPS) is 14.1. The minimum atomic E-state index is -4.29. The topological polar surface area (TPSA) is 30.9 Å². The van der Waals surface area contributed by atoms with Crippen molar-refractivity contribution in [2.45, 2.75) is 25.6 Å². The van der Waals surface area contributed by atoms with E-state index in [4.69, 9.17) is 5.73 Å². The maximum absolute atomic E-state index is 13.1. The molecule has 0 saturated heterocycles. The number of halogens is 3. The first kappa shape index (κ1) is 13.0. The maximum atomic E-state index is 13.1. The third kappa shape index (κ3) is 2.22. The van der Waals surface area contributed by atoms with E-state index in [0.717, 1.165) is 5.39 Å². The summed E-state index contributed by atoms with van der Waals surface area (Å²) in [5, 5.41) is 0.821. The van der Waals surface area contributed by atoms with Crippen LogP contribution in [0.15, 0.2) is 30.3 Å². The van der Waals surface area contributed by atoms with Gasteiger partial charge in [-0.25, -0.2) is 0 Å². The molecule has 1 unspecified atom stereocenters. The molecule has 2 rings (SSSR count). The van der Waals surface area contributed by atoms with Crippen LogP contribution in [0.5, 0.6) is 0 Å². The molecular weight excluding hydrogens is 241 g/mol. The van der Waals surface area contributed by atoms with Gasteiger partial charge in [0, 0.05) is 11.2 Å². The lowest BCUT2D eigenvalue weighted by Gasteiger charge is -2.24. The zero-order valence-corrected chi connectivity index (χ0v) is 10.0. The minimum absolute atomic E-state index is 0.0100. The van der Waals surface area contributed by atoms with Crippen LogP contribution in [0.1, 0.15) is 18.2 Å². The maximum Gasteiger partial charge on any atom is 0.409 e. The Bertz CT molecular complexity index is 543. The predicted octanol–water partition coefficient (Wildman–Crippen LogP) is 3.40. The Hall–Kier alpha value is -1.49. The SMILES string of the molecule is Cc1cc2ccccc2n1C(CCN)C(F)(F)F. The van der Waals surface area contributed by atoms with E-state index in [1.54, 1.807) is 25.1 Å². The molecule has 1 heterocycles. The van der Waals surface area contributed by atoms with E-state index >= 15 is 0 Å². The molecule has 2 nitrogen and oxygen atoms in total. The van der Waals surface area contributed by atoms with Crippen molar-refractivity contribution in [3.63, 3.8) is 0 Å². The molecule has 0 aliphatic heterocycles. The molecule has 1 aromatic carbocycles. The Morgan fingerprint density at radius 1 is 1.28 bits per heavy atom. The number of rotatable bonds is 3. The van der Waals surface area contributed by atoms with Crippen molar-refractivity contribution in [2.75, 3.05) is 6.54 Å². The van der Waals surface area contributed by atoms with Gasteiger partial charge in [0.15, 0.2) is 0 Å². The van der Waals surface area contributed by atoms with Gasteiger partial charge in [-0.05, 0) is 37.4 Å². The summed E-state index contributed by atoms with van der Waals surface area (Å²) in [5.74, 6) is 0. The van der Waals surface area contributed by atoms with Gasteiger partial charge in [-0.1, -0.05) is 18.2 Å². The molecule has 18 heavy (non-hydrogen) atoms. The second-order valence-corrected chi connectivity index (χ2v) is 4.35. The van der Waals surface area contributed by atoms with Gasteiger partial charge >= 0.3 is 6.18 Å². The number of benzene rings is 1. The summed E-state index contributed by atoms with van der Waals surface area (Å²) in [4.78, 5) is 0. The standard InChI is InChI=1S/C13H15F3N2/c1-9-8-10-4-2-3-5-11(10)18(9)12(6-7-17)13(14,15)16/h2-5,8,12H,6-7,17H2,1H3. The van der Waals surface area contributed by atoms with Crippen molar-refractivity contribution < 1.29 is 13.2 Å². The number of nitrogens with zero attached hydrogens (tertiary/aromatic N) is 1. The smallest absolute Gasteiger partial charge is 0.333 e. The second kappa shape index (κ2) is 4.65. The summed E-state index contributed by atoms with van der Waals surface area (Å²) in [6.07, 6.45) is -4.39. The molecule has 0 aliphatic rings. The lowest BCUT2D eigenvalue weighted by molar-refractivity contribution is -0.168. The van der Waals surface area contributed by atoms with Gasteiger partial charge in [-0.3, -0.25) is 0 Å².